The third-order valence-electron chi connectivity index (χ3n) is 4.13. The lowest BCUT2D eigenvalue weighted by Gasteiger charge is -2.23. The van der Waals surface area contributed by atoms with Crippen LogP contribution in [-0.4, -0.2) is 26.6 Å². The largest absolute Gasteiger partial charge is 0.335 e. The van der Waals surface area contributed by atoms with E-state index in [0.29, 0.717) is 12.5 Å². The minimum atomic E-state index is 0.257. The van der Waals surface area contributed by atoms with E-state index in [1.807, 2.05) is 19.4 Å². The van der Waals surface area contributed by atoms with Crippen LogP contribution in [0.25, 0.3) is 0 Å². The highest BCUT2D eigenvalue weighted by atomic mass is 16.2. The molecule has 4 nitrogen and oxygen atoms in total. The molecule has 4 heteroatoms. The maximum absolute atomic E-state index is 12.6. The predicted octanol–water partition coefficient (Wildman–Crippen LogP) is 2.85. The van der Waals surface area contributed by atoms with E-state index >= 15 is 0 Å². The van der Waals surface area contributed by atoms with Crippen molar-refractivity contribution in [3.63, 3.8) is 0 Å². The van der Waals surface area contributed by atoms with Crippen LogP contribution in [0.4, 0.5) is 0 Å². The van der Waals surface area contributed by atoms with E-state index in [2.05, 4.69) is 41.2 Å². The van der Waals surface area contributed by atoms with Gasteiger partial charge in [-0.05, 0) is 37.3 Å². The highest BCUT2D eigenvalue weighted by Crippen LogP contribution is 2.29. The first kappa shape index (κ1) is 14.8. The van der Waals surface area contributed by atoms with Crippen molar-refractivity contribution in [2.24, 2.45) is 7.05 Å². The van der Waals surface area contributed by atoms with Crippen molar-refractivity contribution in [3.8, 4) is 0 Å². The molecule has 2 aromatic rings. The summed E-state index contributed by atoms with van der Waals surface area (Å²) in [6.45, 7) is 2.83. The third-order valence-corrected chi connectivity index (χ3v) is 4.13. The highest BCUT2D eigenvalue weighted by molar-refractivity contribution is 5.77. The molecule has 0 unspecified atom stereocenters. The number of benzene rings is 1. The first-order valence-corrected chi connectivity index (χ1v) is 7.94. The van der Waals surface area contributed by atoms with Crippen LogP contribution < -0.4 is 0 Å². The van der Waals surface area contributed by atoms with Crippen LogP contribution in [0.15, 0.2) is 36.7 Å². The summed E-state index contributed by atoms with van der Waals surface area (Å²) in [4.78, 5) is 14.7. The maximum atomic E-state index is 12.6. The molecule has 1 saturated carbocycles. The van der Waals surface area contributed by atoms with Crippen LogP contribution in [0.5, 0.6) is 0 Å². The molecular formula is C18H23N3O. The molecule has 1 aliphatic carbocycles. The van der Waals surface area contributed by atoms with Crippen molar-refractivity contribution in [1.29, 1.82) is 0 Å². The summed E-state index contributed by atoms with van der Waals surface area (Å²) >= 11 is 0. The topological polar surface area (TPSA) is 38.1 Å². The minimum Gasteiger partial charge on any atom is -0.335 e. The number of amides is 1. The van der Waals surface area contributed by atoms with E-state index in [1.54, 1.807) is 4.68 Å². The third kappa shape index (κ3) is 3.75. The Morgan fingerprint density at radius 1 is 1.36 bits per heavy atom. The Hall–Kier alpha value is -2.10. The molecule has 0 N–H and O–H groups in total. The zero-order valence-corrected chi connectivity index (χ0v) is 13.3. The molecule has 0 bridgehead atoms. The summed E-state index contributed by atoms with van der Waals surface area (Å²) in [7, 11) is 1.90. The van der Waals surface area contributed by atoms with Gasteiger partial charge in [0.2, 0.25) is 5.91 Å². The first-order chi connectivity index (χ1) is 10.6. The van der Waals surface area contributed by atoms with Gasteiger partial charge >= 0.3 is 0 Å². The minimum absolute atomic E-state index is 0.257. The van der Waals surface area contributed by atoms with Crippen LogP contribution in [0, 0.1) is 6.92 Å². The van der Waals surface area contributed by atoms with Crippen LogP contribution in [0.2, 0.25) is 0 Å². The molecule has 1 aliphatic rings. The average molecular weight is 297 g/mol. The second kappa shape index (κ2) is 6.34. The Kier molecular flexibility index (Phi) is 4.27. The van der Waals surface area contributed by atoms with E-state index in [0.717, 1.165) is 31.4 Å². The van der Waals surface area contributed by atoms with Gasteiger partial charge in [-0.3, -0.25) is 9.48 Å². The van der Waals surface area contributed by atoms with Gasteiger partial charge in [-0.25, -0.2) is 0 Å². The van der Waals surface area contributed by atoms with Crippen molar-refractivity contribution in [1.82, 2.24) is 14.7 Å². The molecule has 116 valence electrons. The normalized spacial score (nSPS) is 14.1. The maximum Gasteiger partial charge on any atom is 0.223 e. The summed E-state index contributed by atoms with van der Waals surface area (Å²) < 4.78 is 1.78. The number of hydrogen-bond donors (Lipinski definition) is 0. The fraction of sp³-hybridized carbons (Fsp3) is 0.444. The Labute approximate surface area is 131 Å². The Balaban J connectivity index is 1.62. The Morgan fingerprint density at radius 2 is 2.18 bits per heavy atom. The molecule has 0 saturated heterocycles. The highest BCUT2D eigenvalue weighted by Gasteiger charge is 2.32. The standard InChI is InChI=1S/C18H23N3O/c1-14-4-3-5-15(10-14)13-21(17-7-8-17)18(22)9-6-16-11-19-20(2)12-16/h3-5,10-12,17H,6-9,13H2,1-2H3. The van der Waals surface area contributed by atoms with E-state index in [1.165, 1.54) is 11.1 Å². The number of aromatic nitrogens is 2. The van der Waals surface area contributed by atoms with E-state index in [-0.39, 0.29) is 5.91 Å². The fourth-order valence-electron chi connectivity index (χ4n) is 2.81. The first-order valence-electron chi connectivity index (χ1n) is 7.94. The van der Waals surface area contributed by atoms with E-state index in [9.17, 15) is 4.79 Å². The molecule has 1 amide bonds. The number of rotatable bonds is 6. The molecule has 1 fully saturated rings. The van der Waals surface area contributed by atoms with Gasteiger partial charge in [0.25, 0.3) is 0 Å². The number of carbonyl (C=O) groups excluding carboxylic acids is 1. The van der Waals surface area contributed by atoms with Crippen molar-refractivity contribution < 1.29 is 4.79 Å². The summed E-state index contributed by atoms with van der Waals surface area (Å²) in [5.74, 6) is 0.257. The second-order valence-corrected chi connectivity index (χ2v) is 6.26. The van der Waals surface area contributed by atoms with Crippen LogP contribution >= 0.6 is 0 Å². The van der Waals surface area contributed by atoms with Crippen LogP contribution in [-0.2, 0) is 24.8 Å². The molecule has 0 atom stereocenters. The molecule has 1 heterocycles. The van der Waals surface area contributed by atoms with Gasteiger partial charge in [-0.15, -0.1) is 0 Å². The van der Waals surface area contributed by atoms with Gasteiger partial charge in [-0.2, -0.15) is 5.10 Å². The molecule has 0 radical (unpaired) electrons. The van der Waals surface area contributed by atoms with E-state index < -0.39 is 0 Å². The van der Waals surface area contributed by atoms with Crippen molar-refractivity contribution >= 4 is 5.91 Å². The van der Waals surface area contributed by atoms with Crippen molar-refractivity contribution in [2.75, 3.05) is 0 Å². The lowest BCUT2D eigenvalue weighted by molar-refractivity contribution is -0.132. The van der Waals surface area contributed by atoms with Gasteiger partial charge in [0.15, 0.2) is 0 Å². The molecule has 3 rings (SSSR count). The average Bonchev–Trinajstić information content (AvgIpc) is 3.24. The molecule has 0 aliphatic heterocycles. The molecular weight excluding hydrogens is 274 g/mol. The molecule has 22 heavy (non-hydrogen) atoms. The van der Waals surface area contributed by atoms with E-state index in [4.69, 9.17) is 0 Å². The summed E-state index contributed by atoms with van der Waals surface area (Å²) in [5.41, 5.74) is 3.60. The lowest BCUT2D eigenvalue weighted by Crippen LogP contribution is -2.32. The quantitative estimate of drug-likeness (QED) is 0.822. The number of aryl methyl sites for hydroxylation is 3. The zero-order valence-electron chi connectivity index (χ0n) is 13.3. The van der Waals surface area contributed by atoms with Gasteiger partial charge in [0.1, 0.15) is 0 Å². The summed E-state index contributed by atoms with van der Waals surface area (Å²) in [6.07, 6.45) is 7.44. The number of hydrogen-bond acceptors (Lipinski definition) is 2. The summed E-state index contributed by atoms with van der Waals surface area (Å²) in [5, 5.41) is 4.16. The second-order valence-electron chi connectivity index (χ2n) is 6.26. The summed E-state index contributed by atoms with van der Waals surface area (Å²) in [6, 6.07) is 8.88. The Morgan fingerprint density at radius 3 is 2.82 bits per heavy atom. The molecule has 0 spiro atoms. The zero-order chi connectivity index (χ0) is 15.5. The lowest BCUT2D eigenvalue weighted by atomic mass is 10.1. The molecule has 1 aromatic heterocycles. The van der Waals surface area contributed by atoms with Crippen molar-refractivity contribution in [2.45, 2.75) is 45.2 Å². The van der Waals surface area contributed by atoms with Gasteiger partial charge < -0.3 is 4.90 Å². The van der Waals surface area contributed by atoms with Gasteiger partial charge in [0.05, 0.1) is 6.20 Å². The smallest absolute Gasteiger partial charge is 0.223 e. The predicted molar refractivity (Wildman–Crippen MR) is 86.3 cm³/mol. The number of carbonyl (C=O) groups is 1. The van der Waals surface area contributed by atoms with Crippen molar-refractivity contribution in [3.05, 3.63) is 53.3 Å². The SMILES string of the molecule is Cc1cccc(CN(C(=O)CCc2cnn(C)c2)C2CC2)c1. The van der Waals surface area contributed by atoms with Crippen LogP contribution in [0.3, 0.4) is 0 Å². The number of nitrogens with zero attached hydrogens (tertiary/aromatic N) is 3. The van der Waals surface area contributed by atoms with Crippen LogP contribution in [0.1, 0.15) is 36.0 Å². The molecule has 1 aromatic carbocycles. The fourth-order valence-corrected chi connectivity index (χ4v) is 2.81. The Bertz CT molecular complexity index is 658. The van der Waals surface area contributed by atoms with Gasteiger partial charge in [-0.1, -0.05) is 29.8 Å². The van der Waals surface area contributed by atoms with Gasteiger partial charge in [0, 0.05) is 32.3 Å². The monoisotopic (exact) mass is 297 g/mol.